The van der Waals surface area contributed by atoms with E-state index >= 15 is 0 Å². The van der Waals surface area contributed by atoms with Gasteiger partial charge in [-0.1, -0.05) is 35.5 Å². The van der Waals surface area contributed by atoms with Gasteiger partial charge in [-0.25, -0.2) is 0 Å². The second-order valence-electron chi connectivity index (χ2n) is 5.98. The van der Waals surface area contributed by atoms with Gasteiger partial charge in [-0.3, -0.25) is 9.48 Å². The number of likely N-dealkylation sites (tertiary alicyclic amines) is 1. The van der Waals surface area contributed by atoms with E-state index in [0.29, 0.717) is 18.0 Å². The monoisotopic (exact) mass is 322 g/mol. The van der Waals surface area contributed by atoms with Crippen LogP contribution in [-0.4, -0.2) is 38.8 Å². The van der Waals surface area contributed by atoms with Crippen molar-refractivity contribution in [1.82, 2.24) is 19.8 Å². The quantitative estimate of drug-likeness (QED) is 0.743. The molecule has 0 radical (unpaired) electrons. The zero-order chi connectivity index (χ0) is 16.4. The van der Waals surface area contributed by atoms with Gasteiger partial charge in [0.1, 0.15) is 0 Å². The van der Waals surface area contributed by atoms with E-state index < -0.39 is 0 Å². The van der Waals surface area contributed by atoms with Crippen LogP contribution in [-0.2, 0) is 0 Å². The number of carbonyl (C=O) groups excluding carboxylic acids is 1. The van der Waals surface area contributed by atoms with Crippen LogP contribution in [0.15, 0.2) is 59.4 Å². The zero-order valence-electron chi connectivity index (χ0n) is 13.2. The van der Waals surface area contributed by atoms with Crippen molar-refractivity contribution in [1.29, 1.82) is 0 Å². The van der Waals surface area contributed by atoms with Crippen LogP contribution in [0.2, 0.25) is 0 Å². The molecule has 6 heteroatoms. The van der Waals surface area contributed by atoms with Gasteiger partial charge in [-0.2, -0.15) is 5.10 Å². The molecule has 2 aromatic heterocycles. The summed E-state index contributed by atoms with van der Waals surface area (Å²) in [6.07, 6.45) is 5.70. The van der Waals surface area contributed by atoms with Crippen molar-refractivity contribution in [2.75, 3.05) is 13.1 Å². The molecule has 122 valence electrons. The Morgan fingerprint density at radius 2 is 2.08 bits per heavy atom. The van der Waals surface area contributed by atoms with Crippen LogP contribution >= 0.6 is 0 Å². The number of benzene rings is 1. The van der Waals surface area contributed by atoms with Gasteiger partial charge in [-0.15, -0.1) is 0 Å². The molecule has 1 aliphatic rings. The number of hydrogen-bond acceptors (Lipinski definition) is 4. The second kappa shape index (κ2) is 6.31. The molecule has 1 amide bonds. The summed E-state index contributed by atoms with van der Waals surface area (Å²) in [5, 5.41) is 8.26. The van der Waals surface area contributed by atoms with Gasteiger partial charge in [0, 0.05) is 37.1 Å². The van der Waals surface area contributed by atoms with Gasteiger partial charge in [-0.05, 0) is 18.9 Å². The number of rotatable bonds is 3. The molecule has 1 atom stereocenters. The average Bonchev–Trinajstić information content (AvgIpc) is 3.34. The summed E-state index contributed by atoms with van der Waals surface area (Å²) in [5.41, 5.74) is 1.27. The molecule has 6 nitrogen and oxygen atoms in total. The zero-order valence-corrected chi connectivity index (χ0v) is 13.2. The number of aromatic nitrogens is 3. The Kier molecular flexibility index (Phi) is 3.86. The van der Waals surface area contributed by atoms with E-state index in [1.54, 1.807) is 12.3 Å². The van der Waals surface area contributed by atoms with E-state index in [1.807, 2.05) is 52.2 Å². The van der Waals surface area contributed by atoms with Gasteiger partial charge >= 0.3 is 0 Å². The van der Waals surface area contributed by atoms with E-state index in [1.165, 1.54) is 0 Å². The van der Waals surface area contributed by atoms with Crippen LogP contribution < -0.4 is 0 Å². The van der Waals surface area contributed by atoms with Crippen molar-refractivity contribution in [3.63, 3.8) is 0 Å². The normalized spacial score (nSPS) is 17.8. The molecule has 3 heterocycles. The van der Waals surface area contributed by atoms with Crippen molar-refractivity contribution < 1.29 is 9.32 Å². The Balaban J connectivity index is 1.50. The fourth-order valence-corrected chi connectivity index (χ4v) is 3.13. The van der Waals surface area contributed by atoms with Gasteiger partial charge in [0.2, 0.25) is 0 Å². The number of nitrogens with zero attached hydrogens (tertiary/aromatic N) is 4. The minimum Gasteiger partial charge on any atom is -0.355 e. The van der Waals surface area contributed by atoms with Crippen LogP contribution in [0.25, 0.3) is 11.3 Å². The molecule has 0 spiro atoms. The third kappa shape index (κ3) is 2.82. The molecule has 0 N–H and O–H groups in total. The molecule has 24 heavy (non-hydrogen) atoms. The standard InChI is InChI=1S/C18H18N4O2/c23-18(16-12-17(24-20-16)14-6-2-1-3-7-14)21-10-4-8-15(13-21)22-11-5-9-19-22/h1-3,5-7,9,11-12,15H,4,8,10,13H2. The summed E-state index contributed by atoms with van der Waals surface area (Å²) in [7, 11) is 0. The van der Waals surface area contributed by atoms with Gasteiger partial charge in [0.25, 0.3) is 5.91 Å². The fourth-order valence-electron chi connectivity index (χ4n) is 3.13. The van der Waals surface area contributed by atoms with Crippen molar-refractivity contribution >= 4 is 5.91 Å². The highest BCUT2D eigenvalue weighted by Crippen LogP contribution is 2.24. The van der Waals surface area contributed by atoms with Gasteiger partial charge in [0.15, 0.2) is 11.5 Å². The second-order valence-corrected chi connectivity index (χ2v) is 5.98. The summed E-state index contributed by atoms with van der Waals surface area (Å²) in [6.45, 7) is 1.39. The van der Waals surface area contributed by atoms with Gasteiger partial charge in [0.05, 0.1) is 6.04 Å². The first kappa shape index (κ1) is 14.7. The molecular weight excluding hydrogens is 304 g/mol. The third-order valence-corrected chi connectivity index (χ3v) is 4.37. The highest BCUT2D eigenvalue weighted by molar-refractivity contribution is 5.93. The predicted molar refractivity (Wildman–Crippen MR) is 88.3 cm³/mol. The Bertz CT molecular complexity index is 811. The molecule has 1 aromatic carbocycles. The molecule has 3 aromatic rings. The summed E-state index contributed by atoms with van der Waals surface area (Å²) in [5.74, 6) is 0.525. The van der Waals surface area contributed by atoms with Crippen molar-refractivity contribution in [3.05, 3.63) is 60.6 Å². The molecule has 1 fully saturated rings. The maximum absolute atomic E-state index is 12.7. The summed E-state index contributed by atoms with van der Waals surface area (Å²) < 4.78 is 7.27. The summed E-state index contributed by atoms with van der Waals surface area (Å²) in [4.78, 5) is 14.6. The van der Waals surface area contributed by atoms with Crippen molar-refractivity contribution in [3.8, 4) is 11.3 Å². The molecule has 0 saturated carbocycles. The van der Waals surface area contributed by atoms with E-state index in [0.717, 1.165) is 24.9 Å². The number of piperidine rings is 1. The van der Waals surface area contributed by atoms with E-state index in [9.17, 15) is 4.79 Å². The van der Waals surface area contributed by atoms with E-state index in [-0.39, 0.29) is 11.9 Å². The third-order valence-electron chi connectivity index (χ3n) is 4.37. The summed E-state index contributed by atoms with van der Waals surface area (Å²) in [6, 6.07) is 13.5. The molecule has 0 bridgehead atoms. The topological polar surface area (TPSA) is 64.2 Å². The predicted octanol–water partition coefficient (Wildman–Crippen LogP) is 3.02. The summed E-state index contributed by atoms with van der Waals surface area (Å²) >= 11 is 0. The highest BCUT2D eigenvalue weighted by Gasteiger charge is 2.27. The highest BCUT2D eigenvalue weighted by atomic mass is 16.5. The van der Waals surface area contributed by atoms with Crippen molar-refractivity contribution in [2.24, 2.45) is 0 Å². The largest absolute Gasteiger partial charge is 0.355 e. The van der Waals surface area contributed by atoms with Crippen LogP contribution in [0.1, 0.15) is 29.4 Å². The lowest BCUT2D eigenvalue weighted by molar-refractivity contribution is 0.0662. The average molecular weight is 322 g/mol. The molecule has 1 saturated heterocycles. The Morgan fingerprint density at radius 3 is 2.88 bits per heavy atom. The Morgan fingerprint density at radius 1 is 1.21 bits per heavy atom. The number of amides is 1. The first-order chi connectivity index (χ1) is 11.8. The fraction of sp³-hybridized carbons (Fsp3) is 0.278. The molecule has 4 rings (SSSR count). The molecule has 0 aliphatic carbocycles. The molecule has 1 unspecified atom stereocenters. The first-order valence-corrected chi connectivity index (χ1v) is 8.12. The van der Waals surface area contributed by atoms with Crippen molar-refractivity contribution in [2.45, 2.75) is 18.9 Å². The maximum Gasteiger partial charge on any atom is 0.276 e. The van der Waals surface area contributed by atoms with Crippen LogP contribution in [0, 0.1) is 0 Å². The minimum atomic E-state index is -0.0854. The minimum absolute atomic E-state index is 0.0854. The Labute approximate surface area is 139 Å². The maximum atomic E-state index is 12.7. The number of hydrogen-bond donors (Lipinski definition) is 0. The molecule has 1 aliphatic heterocycles. The lowest BCUT2D eigenvalue weighted by atomic mass is 10.1. The van der Waals surface area contributed by atoms with Crippen LogP contribution in [0.4, 0.5) is 0 Å². The Hall–Kier alpha value is -2.89. The first-order valence-electron chi connectivity index (χ1n) is 8.12. The van der Waals surface area contributed by atoms with Gasteiger partial charge < -0.3 is 9.42 Å². The van der Waals surface area contributed by atoms with Crippen LogP contribution in [0.5, 0.6) is 0 Å². The smallest absolute Gasteiger partial charge is 0.276 e. The number of carbonyl (C=O) groups is 1. The lowest BCUT2D eigenvalue weighted by Gasteiger charge is -2.32. The molecular formula is C18H18N4O2. The van der Waals surface area contributed by atoms with E-state index in [4.69, 9.17) is 4.52 Å². The van der Waals surface area contributed by atoms with E-state index in [2.05, 4.69) is 10.3 Å². The SMILES string of the molecule is O=C(c1cc(-c2ccccc2)on1)N1CCCC(n2cccn2)C1. The van der Waals surface area contributed by atoms with Crippen LogP contribution in [0.3, 0.4) is 0 Å². The lowest BCUT2D eigenvalue weighted by Crippen LogP contribution is -2.41.